The van der Waals surface area contributed by atoms with Crippen molar-refractivity contribution in [2.24, 2.45) is 0 Å². The Kier molecular flexibility index (Phi) is 5.23. The van der Waals surface area contributed by atoms with Crippen LogP contribution in [0.4, 0.5) is 0 Å². The van der Waals surface area contributed by atoms with Crippen molar-refractivity contribution >= 4 is 0 Å². The molecule has 0 amide bonds. The van der Waals surface area contributed by atoms with Crippen molar-refractivity contribution in [3.63, 3.8) is 0 Å². The molecule has 3 aliphatic rings. The first-order chi connectivity index (χ1) is 10.2. The largest absolute Gasteiger partial charge is 0.370 e. The number of nitrogens with zero attached hydrogens (tertiary/aromatic N) is 1. The molecular formula is C18H34N2O. The molecule has 3 rings (SSSR count). The van der Waals surface area contributed by atoms with E-state index in [1.807, 2.05) is 0 Å². The van der Waals surface area contributed by atoms with E-state index < -0.39 is 0 Å². The van der Waals surface area contributed by atoms with E-state index in [-0.39, 0.29) is 0 Å². The fourth-order valence-electron chi connectivity index (χ4n) is 4.58. The lowest BCUT2D eigenvalue weighted by Crippen LogP contribution is -2.49. The smallest absolute Gasteiger partial charge is 0.0710 e. The van der Waals surface area contributed by atoms with Crippen LogP contribution in [0, 0.1) is 0 Å². The number of ether oxygens (including phenoxy) is 1. The van der Waals surface area contributed by atoms with Gasteiger partial charge in [-0.05, 0) is 45.1 Å². The van der Waals surface area contributed by atoms with E-state index in [1.165, 1.54) is 70.9 Å². The number of piperidine rings is 1. The average Bonchev–Trinajstić information content (AvgIpc) is 3.09. The molecule has 2 aliphatic heterocycles. The Morgan fingerprint density at radius 3 is 2.67 bits per heavy atom. The van der Waals surface area contributed by atoms with Crippen molar-refractivity contribution in [1.29, 1.82) is 0 Å². The highest BCUT2D eigenvalue weighted by molar-refractivity contribution is 4.94. The Morgan fingerprint density at radius 1 is 1.10 bits per heavy atom. The molecule has 3 heteroatoms. The van der Waals surface area contributed by atoms with E-state index in [4.69, 9.17) is 4.74 Å². The van der Waals surface area contributed by atoms with Crippen LogP contribution in [0.15, 0.2) is 0 Å². The van der Waals surface area contributed by atoms with Gasteiger partial charge in [0, 0.05) is 25.2 Å². The number of hydrogen-bond acceptors (Lipinski definition) is 3. The Hall–Kier alpha value is -0.120. The zero-order valence-electron chi connectivity index (χ0n) is 14.1. The molecule has 2 saturated heterocycles. The van der Waals surface area contributed by atoms with E-state index in [9.17, 15) is 0 Å². The maximum Gasteiger partial charge on any atom is 0.0710 e. The van der Waals surface area contributed by atoms with Crippen LogP contribution in [0.5, 0.6) is 0 Å². The molecule has 2 atom stereocenters. The van der Waals surface area contributed by atoms with Crippen molar-refractivity contribution in [3.05, 3.63) is 0 Å². The summed E-state index contributed by atoms with van der Waals surface area (Å²) in [6.07, 6.45) is 12.7. The maximum absolute atomic E-state index is 6.52. The predicted octanol–water partition coefficient (Wildman–Crippen LogP) is 3.33. The molecule has 0 bridgehead atoms. The van der Waals surface area contributed by atoms with Gasteiger partial charge in [-0.25, -0.2) is 0 Å². The molecule has 1 aliphatic carbocycles. The van der Waals surface area contributed by atoms with Crippen molar-refractivity contribution < 1.29 is 4.74 Å². The predicted molar refractivity (Wildman–Crippen MR) is 87.7 cm³/mol. The molecule has 21 heavy (non-hydrogen) atoms. The minimum Gasteiger partial charge on any atom is -0.370 e. The van der Waals surface area contributed by atoms with Crippen LogP contribution < -0.4 is 5.32 Å². The van der Waals surface area contributed by atoms with Crippen molar-refractivity contribution in [2.75, 3.05) is 19.6 Å². The first-order valence-electron chi connectivity index (χ1n) is 9.32. The molecular weight excluding hydrogens is 260 g/mol. The molecule has 0 aromatic heterocycles. The third-order valence-electron chi connectivity index (χ3n) is 5.80. The van der Waals surface area contributed by atoms with Crippen LogP contribution in [0.1, 0.15) is 71.6 Å². The Balaban J connectivity index is 1.50. The average molecular weight is 294 g/mol. The van der Waals surface area contributed by atoms with Crippen molar-refractivity contribution in [2.45, 2.75) is 95.4 Å². The van der Waals surface area contributed by atoms with Crippen LogP contribution >= 0.6 is 0 Å². The summed E-state index contributed by atoms with van der Waals surface area (Å²) in [5.74, 6) is 0. The quantitative estimate of drug-likeness (QED) is 0.842. The number of rotatable bonds is 5. The second kappa shape index (κ2) is 6.97. The fourth-order valence-corrected chi connectivity index (χ4v) is 4.58. The first kappa shape index (κ1) is 15.8. The van der Waals surface area contributed by atoms with E-state index in [2.05, 4.69) is 24.1 Å². The van der Waals surface area contributed by atoms with Gasteiger partial charge in [0.2, 0.25) is 0 Å². The fraction of sp³-hybridized carbons (Fsp3) is 1.00. The number of hydrogen-bond donors (Lipinski definition) is 1. The first-order valence-corrected chi connectivity index (χ1v) is 9.32. The molecule has 1 saturated carbocycles. The molecule has 2 heterocycles. The van der Waals surface area contributed by atoms with Crippen LogP contribution in [0.3, 0.4) is 0 Å². The van der Waals surface area contributed by atoms with Gasteiger partial charge in [-0.15, -0.1) is 0 Å². The Bertz CT molecular complexity index is 325. The minimum atomic E-state index is 0.298. The number of likely N-dealkylation sites (tertiary alicyclic amines) is 1. The minimum absolute atomic E-state index is 0.298. The van der Waals surface area contributed by atoms with Gasteiger partial charge in [0.15, 0.2) is 0 Å². The van der Waals surface area contributed by atoms with E-state index in [0.717, 1.165) is 12.6 Å². The highest BCUT2D eigenvalue weighted by Gasteiger charge is 2.42. The number of nitrogens with one attached hydrogen (secondary N) is 1. The summed E-state index contributed by atoms with van der Waals surface area (Å²) in [7, 11) is 0. The van der Waals surface area contributed by atoms with Gasteiger partial charge in [0.1, 0.15) is 0 Å². The standard InChI is InChI=1S/C18H34N2O/c1-15(2)19-13-16-7-3-6-12-20(16)14-17-8-11-18(21-17)9-4-5-10-18/h15-17,19H,3-14H2,1-2H3. The van der Waals surface area contributed by atoms with Crippen LogP contribution in [-0.4, -0.2) is 48.3 Å². The van der Waals surface area contributed by atoms with Gasteiger partial charge in [-0.3, -0.25) is 4.90 Å². The summed E-state index contributed by atoms with van der Waals surface area (Å²) < 4.78 is 6.52. The third kappa shape index (κ3) is 4.00. The van der Waals surface area contributed by atoms with Crippen LogP contribution in [0.25, 0.3) is 0 Å². The summed E-state index contributed by atoms with van der Waals surface area (Å²) in [6.45, 7) is 8.09. The van der Waals surface area contributed by atoms with E-state index in [1.54, 1.807) is 0 Å². The van der Waals surface area contributed by atoms with E-state index in [0.29, 0.717) is 17.7 Å². The molecule has 3 fully saturated rings. The maximum atomic E-state index is 6.52. The van der Waals surface area contributed by atoms with Gasteiger partial charge >= 0.3 is 0 Å². The lowest BCUT2D eigenvalue weighted by atomic mass is 9.98. The Morgan fingerprint density at radius 2 is 1.90 bits per heavy atom. The lowest BCUT2D eigenvalue weighted by Gasteiger charge is -2.38. The van der Waals surface area contributed by atoms with Crippen molar-refractivity contribution in [1.82, 2.24) is 10.2 Å². The molecule has 0 aromatic carbocycles. The van der Waals surface area contributed by atoms with Gasteiger partial charge in [-0.2, -0.15) is 0 Å². The summed E-state index contributed by atoms with van der Waals surface area (Å²) in [5.41, 5.74) is 0.298. The molecule has 0 aromatic rings. The summed E-state index contributed by atoms with van der Waals surface area (Å²) in [6, 6.07) is 1.32. The molecule has 1 N–H and O–H groups in total. The Labute approximate surface area is 130 Å². The van der Waals surface area contributed by atoms with Gasteiger partial charge in [0.25, 0.3) is 0 Å². The highest BCUT2D eigenvalue weighted by atomic mass is 16.5. The second-order valence-electron chi connectivity index (χ2n) is 7.88. The molecule has 122 valence electrons. The zero-order valence-corrected chi connectivity index (χ0v) is 14.1. The molecule has 3 nitrogen and oxygen atoms in total. The SMILES string of the molecule is CC(C)NCC1CCCCN1CC1CCC2(CCCC2)O1. The molecule has 0 radical (unpaired) electrons. The molecule has 1 spiro atoms. The lowest BCUT2D eigenvalue weighted by molar-refractivity contribution is -0.0540. The van der Waals surface area contributed by atoms with Gasteiger partial charge in [-0.1, -0.05) is 33.1 Å². The summed E-state index contributed by atoms with van der Waals surface area (Å²) >= 11 is 0. The van der Waals surface area contributed by atoms with Crippen LogP contribution in [0.2, 0.25) is 0 Å². The summed E-state index contributed by atoms with van der Waals surface area (Å²) in [4.78, 5) is 2.72. The third-order valence-corrected chi connectivity index (χ3v) is 5.80. The van der Waals surface area contributed by atoms with Crippen molar-refractivity contribution in [3.8, 4) is 0 Å². The topological polar surface area (TPSA) is 24.5 Å². The van der Waals surface area contributed by atoms with E-state index >= 15 is 0 Å². The highest BCUT2D eigenvalue weighted by Crippen LogP contribution is 2.43. The zero-order chi connectivity index (χ0) is 14.7. The summed E-state index contributed by atoms with van der Waals surface area (Å²) in [5, 5.41) is 3.64. The molecule has 2 unspecified atom stereocenters. The van der Waals surface area contributed by atoms with Gasteiger partial charge < -0.3 is 10.1 Å². The van der Waals surface area contributed by atoms with Gasteiger partial charge in [0.05, 0.1) is 11.7 Å². The second-order valence-corrected chi connectivity index (χ2v) is 7.88. The monoisotopic (exact) mass is 294 g/mol. The normalized spacial score (nSPS) is 33.3. The van der Waals surface area contributed by atoms with Crippen LogP contribution in [-0.2, 0) is 4.74 Å².